The lowest BCUT2D eigenvalue weighted by molar-refractivity contribution is 0.0958. The first-order chi connectivity index (χ1) is 10.2. The van der Waals surface area contributed by atoms with Gasteiger partial charge in [-0.1, -0.05) is 0 Å². The minimum absolute atomic E-state index is 0.158. The molecule has 21 heavy (non-hydrogen) atoms. The van der Waals surface area contributed by atoms with Crippen LogP contribution in [0.2, 0.25) is 0 Å². The summed E-state index contributed by atoms with van der Waals surface area (Å²) in [5.74, 6) is 0.750. The topological polar surface area (TPSA) is 77.2 Å². The number of thiazole rings is 1. The van der Waals surface area contributed by atoms with Crippen molar-refractivity contribution in [1.29, 1.82) is 0 Å². The zero-order valence-electron chi connectivity index (χ0n) is 11.5. The number of fused-ring (bicyclic) bond motifs is 1. The normalized spacial score (nSPS) is 10.8. The third kappa shape index (κ3) is 2.87. The number of carbonyl (C=O) groups is 1. The second-order valence-corrected chi connectivity index (χ2v) is 5.59. The first-order valence-corrected chi connectivity index (χ1v) is 7.14. The Morgan fingerprint density at radius 1 is 1.43 bits per heavy atom. The van der Waals surface area contributed by atoms with Gasteiger partial charge in [0.1, 0.15) is 12.0 Å². The lowest BCUT2D eigenvalue weighted by atomic mass is 10.3. The molecule has 7 heteroatoms. The Balaban J connectivity index is 1.70. The standard InChI is InChI=1S/C14H13N3O3S/c1-8-16-10-5-9(3-4-12(10)21-8)19-7-13-17-11(6-20-13)14(18)15-2/h3-6H,7H2,1-2H3,(H,15,18). The Bertz CT molecular complexity index is 794. The van der Waals surface area contributed by atoms with Crippen molar-refractivity contribution in [3.63, 3.8) is 0 Å². The molecule has 0 saturated carbocycles. The molecule has 0 atom stereocenters. The Morgan fingerprint density at radius 2 is 2.29 bits per heavy atom. The zero-order valence-corrected chi connectivity index (χ0v) is 12.4. The van der Waals surface area contributed by atoms with E-state index in [0.717, 1.165) is 15.2 Å². The van der Waals surface area contributed by atoms with Gasteiger partial charge in [-0.25, -0.2) is 9.97 Å². The molecule has 0 bridgehead atoms. The number of oxazole rings is 1. The minimum atomic E-state index is -0.288. The van der Waals surface area contributed by atoms with Crippen LogP contribution in [0.15, 0.2) is 28.9 Å². The van der Waals surface area contributed by atoms with Crippen molar-refractivity contribution >= 4 is 27.5 Å². The highest BCUT2D eigenvalue weighted by atomic mass is 32.1. The number of amides is 1. The van der Waals surface area contributed by atoms with Crippen LogP contribution in [0.4, 0.5) is 0 Å². The molecule has 0 saturated heterocycles. The Labute approximate surface area is 124 Å². The lowest BCUT2D eigenvalue weighted by Gasteiger charge is -2.02. The molecule has 2 heterocycles. The summed E-state index contributed by atoms with van der Waals surface area (Å²) in [4.78, 5) is 19.8. The quantitative estimate of drug-likeness (QED) is 0.801. The van der Waals surface area contributed by atoms with Gasteiger partial charge < -0.3 is 14.5 Å². The van der Waals surface area contributed by atoms with Crippen LogP contribution in [0.3, 0.4) is 0 Å². The maximum Gasteiger partial charge on any atom is 0.272 e. The molecule has 1 amide bonds. The smallest absolute Gasteiger partial charge is 0.272 e. The van der Waals surface area contributed by atoms with Crippen LogP contribution >= 0.6 is 11.3 Å². The number of hydrogen-bond acceptors (Lipinski definition) is 6. The monoisotopic (exact) mass is 303 g/mol. The first-order valence-electron chi connectivity index (χ1n) is 6.32. The Morgan fingerprint density at radius 3 is 3.10 bits per heavy atom. The second-order valence-electron chi connectivity index (χ2n) is 4.36. The Hall–Kier alpha value is -2.41. The molecule has 1 N–H and O–H groups in total. The number of aryl methyl sites for hydroxylation is 1. The summed E-state index contributed by atoms with van der Waals surface area (Å²) in [7, 11) is 1.54. The second kappa shape index (κ2) is 5.53. The van der Waals surface area contributed by atoms with E-state index in [9.17, 15) is 4.79 Å². The number of aromatic nitrogens is 2. The van der Waals surface area contributed by atoms with Gasteiger partial charge in [0, 0.05) is 13.1 Å². The average molecular weight is 303 g/mol. The van der Waals surface area contributed by atoms with E-state index in [1.165, 1.54) is 13.3 Å². The van der Waals surface area contributed by atoms with Crippen LogP contribution in [-0.2, 0) is 6.61 Å². The van der Waals surface area contributed by atoms with Crippen LogP contribution in [-0.4, -0.2) is 22.9 Å². The van der Waals surface area contributed by atoms with Gasteiger partial charge in [0.25, 0.3) is 5.91 Å². The molecule has 0 radical (unpaired) electrons. The summed E-state index contributed by atoms with van der Waals surface area (Å²) in [5, 5.41) is 3.50. The van der Waals surface area contributed by atoms with Crippen molar-refractivity contribution < 1.29 is 13.9 Å². The van der Waals surface area contributed by atoms with E-state index >= 15 is 0 Å². The highest BCUT2D eigenvalue weighted by Crippen LogP contribution is 2.25. The fourth-order valence-electron chi connectivity index (χ4n) is 1.87. The predicted octanol–water partition coefficient (Wildman–Crippen LogP) is 2.53. The van der Waals surface area contributed by atoms with Gasteiger partial charge in [-0.2, -0.15) is 0 Å². The number of benzene rings is 1. The van der Waals surface area contributed by atoms with Crippen LogP contribution in [0.5, 0.6) is 5.75 Å². The van der Waals surface area contributed by atoms with Gasteiger partial charge in [0.15, 0.2) is 12.3 Å². The molecule has 3 aromatic rings. The van der Waals surface area contributed by atoms with Gasteiger partial charge in [0.2, 0.25) is 5.89 Å². The van der Waals surface area contributed by atoms with Gasteiger partial charge in [0.05, 0.1) is 15.2 Å². The molecule has 0 aliphatic carbocycles. The molecule has 0 aliphatic heterocycles. The lowest BCUT2D eigenvalue weighted by Crippen LogP contribution is -2.18. The summed E-state index contributed by atoms with van der Waals surface area (Å²) in [5.41, 5.74) is 1.15. The number of nitrogens with one attached hydrogen (secondary N) is 1. The summed E-state index contributed by atoms with van der Waals surface area (Å²) in [6.45, 7) is 2.13. The van der Waals surface area contributed by atoms with Crippen molar-refractivity contribution in [2.24, 2.45) is 0 Å². The summed E-state index contributed by atoms with van der Waals surface area (Å²) < 4.78 is 11.9. The SMILES string of the molecule is CNC(=O)c1coc(COc2ccc3sc(C)nc3c2)n1. The number of ether oxygens (including phenoxy) is 1. The minimum Gasteiger partial charge on any atom is -0.484 e. The van der Waals surface area contributed by atoms with Crippen LogP contribution in [0, 0.1) is 6.92 Å². The highest BCUT2D eigenvalue weighted by Gasteiger charge is 2.11. The molecule has 6 nitrogen and oxygen atoms in total. The maximum absolute atomic E-state index is 11.4. The van der Waals surface area contributed by atoms with Gasteiger partial charge >= 0.3 is 0 Å². The molecule has 0 spiro atoms. The molecule has 0 unspecified atom stereocenters. The highest BCUT2D eigenvalue weighted by molar-refractivity contribution is 7.18. The number of carbonyl (C=O) groups excluding carboxylic acids is 1. The van der Waals surface area contributed by atoms with Gasteiger partial charge in [-0.3, -0.25) is 4.79 Å². The number of hydrogen-bond donors (Lipinski definition) is 1. The first kappa shape index (κ1) is 13.6. The fourth-order valence-corrected chi connectivity index (χ4v) is 2.67. The maximum atomic E-state index is 11.4. The third-order valence-corrected chi connectivity index (χ3v) is 3.79. The van der Waals surface area contributed by atoms with E-state index in [1.54, 1.807) is 11.3 Å². The average Bonchev–Trinajstić information content (AvgIpc) is 3.09. The van der Waals surface area contributed by atoms with Crippen molar-refractivity contribution in [1.82, 2.24) is 15.3 Å². The fraction of sp³-hybridized carbons (Fsp3) is 0.214. The summed E-state index contributed by atoms with van der Waals surface area (Å²) >= 11 is 1.64. The van der Waals surface area contributed by atoms with E-state index in [-0.39, 0.29) is 18.2 Å². The number of rotatable bonds is 4. The molecule has 2 aromatic heterocycles. The van der Waals surface area contributed by atoms with E-state index < -0.39 is 0 Å². The van der Waals surface area contributed by atoms with E-state index in [2.05, 4.69) is 15.3 Å². The van der Waals surface area contributed by atoms with Crippen molar-refractivity contribution in [2.75, 3.05) is 7.05 Å². The van der Waals surface area contributed by atoms with Gasteiger partial charge in [-0.15, -0.1) is 11.3 Å². The molecule has 108 valence electrons. The molecule has 0 aliphatic rings. The predicted molar refractivity (Wildman–Crippen MR) is 78.6 cm³/mol. The molecular formula is C14H13N3O3S. The van der Waals surface area contributed by atoms with Gasteiger partial charge in [-0.05, 0) is 19.1 Å². The van der Waals surface area contributed by atoms with E-state index in [0.29, 0.717) is 11.6 Å². The molecule has 1 aromatic carbocycles. The van der Waals surface area contributed by atoms with Crippen molar-refractivity contribution in [2.45, 2.75) is 13.5 Å². The zero-order chi connectivity index (χ0) is 14.8. The van der Waals surface area contributed by atoms with Crippen molar-refractivity contribution in [3.8, 4) is 5.75 Å². The van der Waals surface area contributed by atoms with E-state index in [1.807, 2.05) is 25.1 Å². The Kier molecular flexibility index (Phi) is 3.57. The molecule has 0 fully saturated rings. The van der Waals surface area contributed by atoms with E-state index in [4.69, 9.17) is 9.15 Å². The summed E-state index contributed by atoms with van der Waals surface area (Å²) in [6, 6.07) is 5.73. The number of nitrogens with zero attached hydrogens (tertiary/aromatic N) is 2. The largest absolute Gasteiger partial charge is 0.484 e. The van der Waals surface area contributed by atoms with Crippen LogP contribution in [0.25, 0.3) is 10.2 Å². The molecule has 3 rings (SSSR count). The third-order valence-electron chi connectivity index (χ3n) is 2.84. The van der Waals surface area contributed by atoms with Crippen LogP contribution in [0.1, 0.15) is 21.4 Å². The van der Waals surface area contributed by atoms with Crippen molar-refractivity contribution in [3.05, 3.63) is 41.1 Å². The van der Waals surface area contributed by atoms with Crippen LogP contribution < -0.4 is 10.1 Å². The summed E-state index contributed by atoms with van der Waals surface area (Å²) in [6.07, 6.45) is 1.31. The molecular weight excluding hydrogens is 290 g/mol.